The Morgan fingerprint density at radius 2 is 1.65 bits per heavy atom. The van der Waals surface area contributed by atoms with E-state index in [9.17, 15) is 0 Å². The van der Waals surface area contributed by atoms with E-state index in [2.05, 4.69) is 24.0 Å². The predicted molar refractivity (Wildman–Crippen MR) is 125 cm³/mol. The molecule has 3 aromatic carbocycles. The molecular weight excluding hydrogens is 386 g/mol. The van der Waals surface area contributed by atoms with Crippen molar-refractivity contribution in [3.05, 3.63) is 90.1 Å². The molecule has 0 saturated heterocycles. The number of ether oxygens (including phenoxy) is 2. The second-order valence-electron chi connectivity index (χ2n) is 7.06. The molecule has 31 heavy (non-hydrogen) atoms. The van der Waals surface area contributed by atoms with Crippen LogP contribution in [-0.2, 0) is 6.42 Å². The van der Waals surface area contributed by atoms with E-state index in [4.69, 9.17) is 14.6 Å². The Balaban J connectivity index is 1.77. The van der Waals surface area contributed by atoms with Crippen molar-refractivity contribution in [3.8, 4) is 28.4 Å². The Morgan fingerprint density at radius 3 is 2.32 bits per heavy atom. The summed E-state index contributed by atoms with van der Waals surface area (Å²) in [4.78, 5) is 4.69. The fourth-order valence-electron chi connectivity index (χ4n) is 3.36. The largest absolute Gasteiger partial charge is 0.493 e. The Kier molecular flexibility index (Phi) is 6.13. The van der Waals surface area contributed by atoms with E-state index < -0.39 is 0 Å². The molecule has 0 spiro atoms. The predicted octanol–water partition coefficient (Wildman–Crippen LogP) is 5.87. The van der Waals surface area contributed by atoms with Crippen molar-refractivity contribution in [2.75, 3.05) is 14.2 Å². The van der Waals surface area contributed by atoms with E-state index in [1.54, 1.807) is 14.2 Å². The minimum absolute atomic E-state index is 0.660. The van der Waals surface area contributed by atoms with Gasteiger partial charge in [-0.25, -0.2) is 4.68 Å². The summed E-state index contributed by atoms with van der Waals surface area (Å²) >= 11 is 0. The lowest BCUT2D eigenvalue weighted by Crippen LogP contribution is -1.95. The number of methoxy groups -OCH3 is 2. The van der Waals surface area contributed by atoms with Crippen molar-refractivity contribution in [2.45, 2.75) is 13.3 Å². The molecule has 0 radical (unpaired) electrons. The van der Waals surface area contributed by atoms with Gasteiger partial charge in [-0.05, 0) is 54.4 Å². The summed E-state index contributed by atoms with van der Waals surface area (Å²) in [6.07, 6.45) is 4.86. The third-order valence-corrected chi connectivity index (χ3v) is 5.12. The van der Waals surface area contributed by atoms with Gasteiger partial charge in [0.05, 0.1) is 25.6 Å². The number of rotatable bonds is 7. The molecule has 0 saturated carbocycles. The summed E-state index contributed by atoms with van der Waals surface area (Å²) in [5.41, 5.74) is 5.84. The first kappa shape index (κ1) is 20.4. The molecule has 156 valence electrons. The fourth-order valence-corrected chi connectivity index (χ4v) is 3.36. The highest BCUT2D eigenvalue weighted by molar-refractivity contribution is 5.90. The van der Waals surface area contributed by atoms with Crippen LogP contribution in [0.2, 0.25) is 0 Å². The van der Waals surface area contributed by atoms with Crippen molar-refractivity contribution < 1.29 is 9.47 Å². The van der Waals surface area contributed by atoms with Crippen LogP contribution in [0.1, 0.15) is 18.1 Å². The van der Waals surface area contributed by atoms with Gasteiger partial charge < -0.3 is 9.47 Å². The first-order chi connectivity index (χ1) is 15.2. The Bertz CT molecular complexity index is 1180. The molecule has 1 aromatic heterocycles. The van der Waals surface area contributed by atoms with Gasteiger partial charge in [-0.3, -0.25) is 4.99 Å². The summed E-state index contributed by atoms with van der Waals surface area (Å²) in [6, 6.07) is 24.1. The van der Waals surface area contributed by atoms with E-state index in [1.807, 2.05) is 77.8 Å². The number of aliphatic imine (C=N–C) groups is 1. The topological polar surface area (TPSA) is 48.6 Å². The lowest BCUT2D eigenvalue weighted by Gasteiger charge is -2.09. The summed E-state index contributed by atoms with van der Waals surface area (Å²) in [6.45, 7) is 2.14. The van der Waals surface area contributed by atoms with Crippen molar-refractivity contribution in [1.29, 1.82) is 0 Å². The van der Waals surface area contributed by atoms with E-state index in [-0.39, 0.29) is 0 Å². The van der Waals surface area contributed by atoms with Gasteiger partial charge in [-0.15, -0.1) is 0 Å². The molecule has 4 aromatic rings. The maximum atomic E-state index is 5.49. The van der Waals surface area contributed by atoms with Gasteiger partial charge in [0.25, 0.3) is 0 Å². The van der Waals surface area contributed by atoms with Crippen LogP contribution in [0, 0.1) is 0 Å². The normalized spacial score (nSPS) is 11.1. The van der Waals surface area contributed by atoms with Gasteiger partial charge >= 0.3 is 0 Å². The summed E-state index contributed by atoms with van der Waals surface area (Å²) in [7, 11) is 3.26. The Labute approximate surface area is 182 Å². The van der Waals surface area contributed by atoms with Crippen LogP contribution in [0.3, 0.4) is 0 Å². The molecule has 5 nitrogen and oxygen atoms in total. The molecule has 0 fully saturated rings. The number of aromatic nitrogens is 2. The number of aryl methyl sites for hydroxylation is 1. The van der Waals surface area contributed by atoms with Crippen LogP contribution in [0.5, 0.6) is 11.5 Å². The fraction of sp³-hybridized carbons (Fsp3) is 0.154. The third kappa shape index (κ3) is 4.51. The SMILES string of the molecule is CCc1ccc(N=Cc2cn(-c3ccccc3)nc2-c2ccc(OC)c(OC)c2)cc1. The molecule has 0 aliphatic rings. The monoisotopic (exact) mass is 411 g/mol. The van der Waals surface area contributed by atoms with E-state index in [1.165, 1.54) is 5.56 Å². The highest BCUT2D eigenvalue weighted by Crippen LogP contribution is 2.33. The summed E-state index contributed by atoms with van der Waals surface area (Å²) < 4.78 is 12.7. The highest BCUT2D eigenvalue weighted by Gasteiger charge is 2.14. The van der Waals surface area contributed by atoms with Gasteiger partial charge in [0, 0.05) is 23.5 Å². The van der Waals surface area contributed by atoms with Crippen molar-refractivity contribution in [3.63, 3.8) is 0 Å². The number of nitrogens with zero attached hydrogens (tertiary/aromatic N) is 3. The Morgan fingerprint density at radius 1 is 0.903 bits per heavy atom. The smallest absolute Gasteiger partial charge is 0.161 e. The van der Waals surface area contributed by atoms with Crippen LogP contribution in [0.4, 0.5) is 5.69 Å². The van der Waals surface area contributed by atoms with E-state index in [0.29, 0.717) is 11.5 Å². The van der Waals surface area contributed by atoms with Crippen LogP contribution in [0.25, 0.3) is 16.9 Å². The molecule has 0 unspecified atom stereocenters. The van der Waals surface area contributed by atoms with Crippen LogP contribution in [0.15, 0.2) is 84.0 Å². The first-order valence-corrected chi connectivity index (χ1v) is 10.2. The summed E-state index contributed by atoms with van der Waals surface area (Å²) in [5, 5.41) is 4.85. The molecule has 0 aliphatic carbocycles. The Hall–Kier alpha value is -3.86. The molecule has 1 heterocycles. The minimum Gasteiger partial charge on any atom is -0.493 e. The van der Waals surface area contributed by atoms with Crippen molar-refractivity contribution in [2.24, 2.45) is 4.99 Å². The third-order valence-electron chi connectivity index (χ3n) is 5.12. The number of benzene rings is 3. The van der Waals surface area contributed by atoms with E-state index in [0.717, 1.165) is 34.6 Å². The molecule has 0 bridgehead atoms. The molecule has 0 atom stereocenters. The quantitative estimate of drug-likeness (QED) is 0.357. The van der Waals surface area contributed by atoms with Gasteiger partial charge in [-0.2, -0.15) is 5.10 Å². The zero-order chi connectivity index (χ0) is 21.6. The van der Waals surface area contributed by atoms with Crippen molar-refractivity contribution >= 4 is 11.9 Å². The molecule has 0 amide bonds. The zero-order valence-electron chi connectivity index (χ0n) is 17.9. The van der Waals surface area contributed by atoms with Crippen molar-refractivity contribution in [1.82, 2.24) is 9.78 Å². The second kappa shape index (κ2) is 9.30. The summed E-state index contributed by atoms with van der Waals surface area (Å²) in [5.74, 6) is 1.34. The molecule has 0 aliphatic heterocycles. The standard InChI is InChI=1S/C26H25N3O2/c1-4-19-10-13-22(14-11-19)27-17-21-18-29(23-8-6-5-7-9-23)28-26(21)20-12-15-24(30-2)25(16-20)31-3/h5-18H,4H2,1-3H3. The average Bonchev–Trinajstić information content (AvgIpc) is 3.27. The molecule has 4 rings (SSSR count). The number of hydrogen-bond acceptors (Lipinski definition) is 4. The van der Waals surface area contributed by atoms with Crippen LogP contribution < -0.4 is 9.47 Å². The maximum absolute atomic E-state index is 5.49. The van der Waals surface area contributed by atoms with Crippen LogP contribution >= 0.6 is 0 Å². The van der Waals surface area contributed by atoms with E-state index >= 15 is 0 Å². The lowest BCUT2D eigenvalue weighted by molar-refractivity contribution is 0.355. The molecule has 5 heteroatoms. The average molecular weight is 412 g/mol. The zero-order valence-corrected chi connectivity index (χ0v) is 17.9. The molecule has 0 N–H and O–H groups in total. The second-order valence-corrected chi connectivity index (χ2v) is 7.06. The minimum atomic E-state index is 0.660. The van der Waals surface area contributed by atoms with Gasteiger partial charge in [0.15, 0.2) is 11.5 Å². The number of para-hydroxylation sites is 1. The van der Waals surface area contributed by atoms with Gasteiger partial charge in [-0.1, -0.05) is 37.3 Å². The number of hydrogen-bond donors (Lipinski definition) is 0. The molecular formula is C26H25N3O2. The lowest BCUT2D eigenvalue weighted by atomic mass is 10.1. The highest BCUT2D eigenvalue weighted by atomic mass is 16.5. The van der Waals surface area contributed by atoms with Crippen LogP contribution in [-0.4, -0.2) is 30.2 Å². The maximum Gasteiger partial charge on any atom is 0.161 e. The van der Waals surface area contributed by atoms with Gasteiger partial charge in [0.2, 0.25) is 0 Å². The first-order valence-electron chi connectivity index (χ1n) is 10.2. The van der Waals surface area contributed by atoms with Gasteiger partial charge in [0.1, 0.15) is 5.69 Å².